The summed E-state index contributed by atoms with van der Waals surface area (Å²) in [6.45, 7) is 2.66. The fourth-order valence-electron chi connectivity index (χ4n) is 3.86. The number of benzene rings is 2. The molecule has 0 unspecified atom stereocenters. The van der Waals surface area contributed by atoms with Crippen LogP contribution in [0.15, 0.2) is 40.9 Å². The minimum atomic E-state index is -0.377. The molecule has 0 spiro atoms. The molecule has 156 valence electrons. The van der Waals surface area contributed by atoms with Gasteiger partial charge in [-0.15, -0.1) is 0 Å². The molecule has 0 fully saturated rings. The van der Waals surface area contributed by atoms with Crippen molar-refractivity contribution in [3.05, 3.63) is 63.3 Å². The highest BCUT2D eigenvalue weighted by Crippen LogP contribution is 2.40. The highest BCUT2D eigenvalue weighted by molar-refractivity contribution is 9.10. The molecule has 3 aromatic rings. The fraction of sp³-hybridized carbons (Fsp3) is 0.304. The van der Waals surface area contributed by atoms with Gasteiger partial charge in [-0.2, -0.15) is 5.10 Å². The van der Waals surface area contributed by atoms with Crippen LogP contribution in [0.5, 0.6) is 11.5 Å². The lowest BCUT2D eigenvalue weighted by molar-refractivity contribution is 0.0517. The molecule has 6 nitrogen and oxygen atoms in total. The van der Waals surface area contributed by atoms with Crippen LogP contribution in [-0.2, 0) is 24.1 Å². The Kier molecular flexibility index (Phi) is 5.81. The van der Waals surface area contributed by atoms with E-state index in [1.54, 1.807) is 21.1 Å². The van der Waals surface area contributed by atoms with Crippen molar-refractivity contribution in [3.63, 3.8) is 0 Å². The number of nitrogens with zero attached hydrogens (tertiary/aromatic N) is 2. The number of esters is 1. The van der Waals surface area contributed by atoms with Crippen LogP contribution < -0.4 is 9.47 Å². The first-order chi connectivity index (χ1) is 14.5. The average molecular weight is 471 g/mol. The number of fused-ring (bicyclic) bond motifs is 3. The Morgan fingerprint density at radius 3 is 2.57 bits per heavy atom. The summed E-state index contributed by atoms with van der Waals surface area (Å²) in [5, 5.41) is 4.68. The van der Waals surface area contributed by atoms with E-state index in [9.17, 15) is 4.79 Å². The summed E-state index contributed by atoms with van der Waals surface area (Å²) in [5.74, 6) is 1.22. The second-order valence-corrected chi connectivity index (χ2v) is 7.90. The van der Waals surface area contributed by atoms with Crippen molar-refractivity contribution in [1.29, 1.82) is 0 Å². The summed E-state index contributed by atoms with van der Waals surface area (Å²) in [4.78, 5) is 12.6. The molecule has 0 aliphatic heterocycles. The lowest BCUT2D eigenvalue weighted by Gasteiger charge is -2.20. The monoisotopic (exact) mass is 470 g/mol. The van der Waals surface area contributed by atoms with Gasteiger partial charge in [0.1, 0.15) is 11.5 Å². The highest BCUT2D eigenvalue weighted by Gasteiger charge is 2.30. The maximum absolute atomic E-state index is 12.6. The molecular weight excluding hydrogens is 448 g/mol. The number of carbonyl (C=O) groups is 1. The molecule has 0 bridgehead atoms. The molecule has 0 amide bonds. The molecule has 1 aliphatic carbocycles. The van der Waals surface area contributed by atoms with Crippen LogP contribution in [0.3, 0.4) is 0 Å². The van der Waals surface area contributed by atoms with Crippen LogP contribution >= 0.6 is 15.9 Å². The Hall–Kier alpha value is -2.80. The van der Waals surface area contributed by atoms with Crippen molar-refractivity contribution < 1.29 is 19.0 Å². The number of rotatable bonds is 6. The topological polar surface area (TPSA) is 62.6 Å². The van der Waals surface area contributed by atoms with Gasteiger partial charge < -0.3 is 14.2 Å². The molecule has 0 saturated heterocycles. The Bertz CT molecular complexity index is 1090. The van der Waals surface area contributed by atoms with E-state index >= 15 is 0 Å². The van der Waals surface area contributed by atoms with Gasteiger partial charge in [-0.05, 0) is 71.1 Å². The summed E-state index contributed by atoms with van der Waals surface area (Å²) in [6.07, 6.45) is 1.54. The summed E-state index contributed by atoms with van der Waals surface area (Å²) in [5.41, 5.74) is 5.59. The molecule has 0 atom stereocenters. The van der Waals surface area contributed by atoms with Crippen LogP contribution in [-0.4, -0.2) is 36.6 Å². The Labute approximate surface area is 183 Å². The smallest absolute Gasteiger partial charge is 0.359 e. The third-order valence-electron chi connectivity index (χ3n) is 5.29. The zero-order valence-electron chi connectivity index (χ0n) is 17.2. The summed E-state index contributed by atoms with van der Waals surface area (Å²) in [7, 11) is 3.31. The molecule has 1 aromatic heterocycles. The average Bonchev–Trinajstić information content (AvgIpc) is 3.13. The van der Waals surface area contributed by atoms with E-state index in [2.05, 4.69) is 27.1 Å². The minimum absolute atomic E-state index is 0.318. The molecule has 7 heteroatoms. The van der Waals surface area contributed by atoms with Gasteiger partial charge in [-0.25, -0.2) is 4.79 Å². The van der Waals surface area contributed by atoms with Gasteiger partial charge in [-0.1, -0.05) is 12.1 Å². The molecule has 30 heavy (non-hydrogen) atoms. The predicted octanol–water partition coefficient (Wildman–Crippen LogP) is 4.65. The normalized spacial score (nSPS) is 12.1. The lowest BCUT2D eigenvalue weighted by atomic mass is 9.88. The maximum atomic E-state index is 12.6. The largest absolute Gasteiger partial charge is 0.497 e. The first kappa shape index (κ1) is 20.5. The quantitative estimate of drug-likeness (QED) is 0.490. The summed E-state index contributed by atoms with van der Waals surface area (Å²) >= 11 is 3.60. The van der Waals surface area contributed by atoms with Crippen molar-refractivity contribution in [2.24, 2.45) is 0 Å². The summed E-state index contributed by atoms with van der Waals surface area (Å²) in [6, 6.07) is 12.0. The van der Waals surface area contributed by atoms with Crippen LogP contribution in [0.4, 0.5) is 0 Å². The van der Waals surface area contributed by atoms with Crippen molar-refractivity contribution in [3.8, 4) is 22.8 Å². The van der Waals surface area contributed by atoms with Crippen LogP contribution in [0.25, 0.3) is 11.3 Å². The number of methoxy groups -OCH3 is 2. The van der Waals surface area contributed by atoms with Gasteiger partial charge >= 0.3 is 5.97 Å². The van der Waals surface area contributed by atoms with E-state index in [0.717, 1.165) is 51.2 Å². The molecule has 0 saturated carbocycles. The molecule has 4 rings (SSSR count). The van der Waals surface area contributed by atoms with E-state index in [1.165, 1.54) is 5.56 Å². The molecule has 1 aliphatic rings. The Balaban J connectivity index is 1.84. The zero-order chi connectivity index (χ0) is 21.3. The third kappa shape index (κ3) is 3.69. The standard InChI is InChI=1S/C23H23BrN2O4/c1-4-30-23(27)21-17-10-7-15-11-20(29-3)19(24)12-18(15)22(17)26(25-21)13-14-5-8-16(28-2)9-6-14/h5-6,8-9,11-12H,4,7,10,13H2,1-3H3. The third-order valence-corrected chi connectivity index (χ3v) is 5.91. The van der Waals surface area contributed by atoms with Crippen molar-refractivity contribution >= 4 is 21.9 Å². The molecule has 1 heterocycles. The van der Waals surface area contributed by atoms with Crippen LogP contribution in [0.2, 0.25) is 0 Å². The number of ether oxygens (including phenoxy) is 3. The first-order valence-corrected chi connectivity index (χ1v) is 10.6. The van der Waals surface area contributed by atoms with Crippen molar-refractivity contribution in [1.82, 2.24) is 9.78 Å². The highest BCUT2D eigenvalue weighted by atomic mass is 79.9. The van der Waals surface area contributed by atoms with E-state index in [1.807, 2.05) is 35.0 Å². The molecule has 0 N–H and O–H groups in total. The van der Waals surface area contributed by atoms with Crippen LogP contribution in [0, 0.1) is 0 Å². The van der Waals surface area contributed by atoms with Crippen molar-refractivity contribution in [2.45, 2.75) is 26.3 Å². The Morgan fingerprint density at radius 2 is 1.90 bits per heavy atom. The number of aryl methyl sites for hydroxylation is 1. The lowest BCUT2D eigenvalue weighted by Crippen LogP contribution is -2.11. The van der Waals surface area contributed by atoms with Gasteiger partial charge in [0.25, 0.3) is 0 Å². The van der Waals surface area contributed by atoms with E-state index in [0.29, 0.717) is 18.8 Å². The molecule has 2 aromatic carbocycles. The van der Waals surface area contributed by atoms with Gasteiger partial charge in [0, 0.05) is 11.1 Å². The number of hydrogen-bond donors (Lipinski definition) is 0. The second kappa shape index (κ2) is 8.52. The van der Waals surface area contributed by atoms with E-state index in [4.69, 9.17) is 14.2 Å². The Morgan fingerprint density at radius 1 is 1.13 bits per heavy atom. The number of aromatic nitrogens is 2. The summed E-state index contributed by atoms with van der Waals surface area (Å²) < 4.78 is 18.8. The van der Waals surface area contributed by atoms with Gasteiger partial charge in [0.15, 0.2) is 5.69 Å². The second-order valence-electron chi connectivity index (χ2n) is 7.05. The molecule has 0 radical (unpaired) electrons. The zero-order valence-corrected chi connectivity index (χ0v) is 18.8. The van der Waals surface area contributed by atoms with Gasteiger partial charge in [-0.3, -0.25) is 4.68 Å². The van der Waals surface area contributed by atoms with E-state index < -0.39 is 0 Å². The maximum Gasteiger partial charge on any atom is 0.359 e. The van der Waals surface area contributed by atoms with Crippen molar-refractivity contribution in [2.75, 3.05) is 20.8 Å². The minimum Gasteiger partial charge on any atom is -0.497 e. The number of carbonyl (C=O) groups excluding carboxylic acids is 1. The van der Waals surface area contributed by atoms with E-state index in [-0.39, 0.29) is 5.97 Å². The fourth-order valence-corrected chi connectivity index (χ4v) is 4.36. The van der Waals surface area contributed by atoms with Crippen LogP contribution in [0.1, 0.15) is 34.1 Å². The van der Waals surface area contributed by atoms with Gasteiger partial charge in [0.2, 0.25) is 0 Å². The molecular formula is C23H23BrN2O4. The van der Waals surface area contributed by atoms with Gasteiger partial charge in [0.05, 0.1) is 37.5 Å². The number of hydrogen-bond acceptors (Lipinski definition) is 5. The number of halogens is 1. The SMILES string of the molecule is CCOC(=O)c1nn(Cc2ccc(OC)cc2)c2c1CCc1cc(OC)c(Br)cc1-2. The first-order valence-electron chi connectivity index (χ1n) is 9.82. The predicted molar refractivity (Wildman–Crippen MR) is 117 cm³/mol.